The summed E-state index contributed by atoms with van der Waals surface area (Å²) in [6.45, 7) is 4.75. The van der Waals surface area contributed by atoms with Crippen molar-refractivity contribution in [1.82, 2.24) is 19.5 Å². The number of ether oxygens (including phenoxy) is 1. The Morgan fingerprint density at radius 3 is 2.90 bits per heavy atom. The van der Waals surface area contributed by atoms with E-state index in [-0.39, 0.29) is 17.6 Å². The Morgan fingerprint density at radius 1 is 1.24 bits per heavy atom. The predicted molar refractivity (Wildman–Crippen MR) is 112 cm³/mol. The maximum absolute atomic E-state index is 12.9. The number of hydrogen-bond acceptors (Lipinski definition) is 6. The Kier molecular flexibility index (Phi) is 5.71. The molecule has 0 saturated carbocycles. The topological polar surface area (TPSA) is 76.8 Å². The SMILES string of the molecule is CCOC(=O)[C@@H]1CCCCN1C(=O)CSc1nnc2cc(C)c3ccccc3n12. The van der Waals surface area contributed by atoms with E-state index in [1.807, 2.05) is 28.7 Å². The number of carbonyl (C=O) groups is 2. The highest BCUT2D eigenvalue weighted by Gasteiger charge is 2.33. The Hall–Kier alpha value is -2.61. The van der Waals surface area contributed by atoms with Crippen LogP contribution in [0.1, 0.15) is 31.7 Å². The minimum absolute atomic E-state index is 0.0686. The monoisotopic (exact) mass is 412 g/mol. The number of para-hydroxylation sites is 1. The van der Waals surface area contributed by atoms with Crippen LogP contribution in [0.4, 0.5) is 0 Å². The molecule has 0 spiro atoms. The van der Waals surface area contributed by atoms with Crippen LogP contribution in [0, 0.1) is 6.92 Å². The molecule has 1 aromatic carbocycles. The van der Waals surface area contributed by atoms with Gasteiger partial charge in [-0.05, 0) is 50.8 Å². The Labute approximate surface area is 173 Å². The zero-order valence-electron chi connectivity index (χ0n) is 16.6. The molecular formula is C21H24N4O3S. The highest BCUT2D eigenvalue weighted by atomic mass is 32.2. The van der Waals surface area contributed by atoms with Crippen molar-refractivity contribution < 1.29 is 14.3 Å². The van der Waals surface area contributed by atoms with E-state index in [9.17, 15) is 9.59 Å². The number of hydrogen-bond donors (Lipinski definition) is 0. The van der Waals surface area contributed by atoms with Crippen LogP contribution < -0.4 is 0 Å². The largest absolute Gasteiger partial charge is 0.464 e. The van der Waals surface area contributed by atoms with E-state index in [1.54, 1.807) is 11.8 Å². The number of likely N-dealkylation sites (tertiary alicyclic amines) is 1. The molecular weight excluding hydrogens is 388 g/mol. The number of benzene rings is 1. The van der Waals surface area contributed by atoms with Crippen LogP contribution in [0.5, 0.6) is 0 Å². The fraction of sp³-hybridized carbons (Fsp3) is 0.429. The van der Waals surface area contributed by atoms with Crippen molar-refractivity contribution >= 4 is 40.2 Å². The number of fused-ring (bicyclic) bond motifs is 3. The van der Waals surface area contributed by atoms with Crippen molar-refractivity contribution in [2.24, 2.45) is 0 Å². The van der Waals surface area contributed by atoms with E-state index in [0.29, 0.717) is 24.7 Å². The average Bonchev–Trinajstić information content (AvgIpc) is 3.15. The zero-order chi connectivity index (χ0) is 20.4. The Morgan fingerprint density at radius 2 is 2.07 bits per heavy atom. The van der Waals surface area contributed by atoms with Crippen LogP contribution in [0.2, 0.25) is 0 Å². The van der Waals surface area contributed by atoms with Crippen molar-refractivity contribution in [3.05, 3.63) is 35.9 Å². The molecule has 0 radical (unpaired) electrons. The molecule has 1 aliphatic rings. The lowest BCUT2D eigenvalue weighted by Crippen LogP contribution is -2.49. The van der Waals surface area contributed by atoms with Gasteiger partial charge in [-0.1, -0.05) is 30.0 Å². The number of thioether (sulfide) groups is 1. The summed E-state index contributed by atoms with van der Waals surface area (Å²) in [5, 5.41) is 10.4. The molecule has 3 heterocycles. The van der Waals surface area contributed by atoms with Crippen LogP contribution in [0.25, 0.3) is 16.6 Å². The molecule has 0 bridgehead atoms. The third-order valence-corrected chi connectivity index (χ3v) is 6.19. The normalized spacial score (nSPS) is 17.0. The first-order valence-corrected chi connectivity index (χ1v) is 10.9. The lowest BCUT2D eigenvalue weighted by molar-refractivity contribution is -0.155. The molecule has 1 aliphatic heterocycles. The summed E-state index contributed by atoms with van der Waals surface area (Å²) in [5.74, 6) is -0.167. The fourth-order valence-corrected chi connectivity index (χ4v) is 4.73. The highest BCUT2D eigenvalue weighted by molar-refractivity contribution is 7.99. The minimum atomic E-state index is -0.476. The third-order valence-electron chi connectivity index (χ3n) is 5.28. The maximum atomic E-state index is 12.9. The quantitative estimate of drug-likeness (QED) is 0.473. The predicted octanol–water partition coefficient (Wildman–Crippen LogP) is 3.23. The molecule has 1 atom stereocenters. The van der Waals surface area contributed by atoms with Gasteiger partial charge in [-0.25, -0.2) is 4.79 Å². The first-order chi connectivity index (χ1) is 14.1. The van der Waals surface area contributed by atoms with Gasteiger partial charge >= 0.3 is 5.97 Å². The molecule has 0 N–H and O–H groups in total. The van der Waals surface area contributed by atoms with Gasteiger partial charge in [0, 0.05) is 11.9 Å². The summed E-state index contributed by atoms with van der Waals surface area (Å²) in [5.41, 5.74) is 2.92. The number of amides is 1. The molecule has 1 saturated heterocycles. The molecule has 4 rings (SSSR count). The molecule has 29 heavy (non-hydrogen) atoms. The number of nitrogens with zero attached hydrogens (tertiary/aromatic N) is 4. The standard InChI is InChI=1S/C21H24N4O3S/c1-3-28-20(27)17-10-6-7-11-24(17)19(26)13-29-21-23-22-18-12-14(2)15-8-4-5-9-16(15)25(18)21/h4-5,8-9,12,17H,3,6-7,10-11,13H2,1-2H3/t17-/m0/s1. The number of carbonyl (C=O) groups excluding carboxylic acids is 2. The molecule has 8 heteroatoms. The van der Waals surface area contributed by atoms with E-state index in [0.717, 1.165) is 35.0 Å². The van der Waals surface area contributed by atoms with Gasteiger partial charge in [-0.15, -0.1) is 10.2 Å². The number of rotatable bonds is 5. The second kappa shape index (κ2) is 8.41. The zero-order valence-corrected chi connectivity index (χ0v) is 17.4. The summed E-state index contributed by atoms with van der Waals surface area (Å²) in [4.78, 5) is 26.8. The number of aromatic nitrogens is 3. The van der Waals surface area contributed by atoms with Crippen molar-refractivity contribution in [3.8, 4) is 0 Å². The summed E-state index contributed by atoms with van der Waals surface area (Å²) in [7, 11) is 0. The van der Waals surface area contributed by atoms with Crippen LogP contribution in [0.3, 0.4) is 0 Å². The van der Waals surface area contributed by atoms with Crippen molar-refractivity contribution in [2.75, 3.05) is 18.9 Å². The van der Waals surface area contributed by atoms with Crippen LogP contribution in [0.15, 0.2) is 35.5 Å². The van der Waals surface area contributed by atoms with E-state index >= 15 is 0 Å². The van der Waals surface area contributed by atoms with Crippen molar-refractivity contribution in [1.29, 1.82) is 0 Å². The van der Waals surface area contributed by atoms with Gasteiger partial charge in [0.25, 0.3) is 0 Å². The third kappa shape index (κ3) is 3.81. The second-order valence-electron chi connectivity index (χ2n) is 7.16. The fourth-order valence-electron chi connectivity index (χ4n) is 3.89. The van der Waals surface area contributed by atoms with Gasteiger partial charge in [-0.3, -0.25) is 9.20 Å². The van der Waals surface area contributed by atoms with Crippen LogP contribution in [-0.2, 0) is 14.3 Å². The number of esters is 1. The van der Waals surface area contributed by atoms with Gasteiger partial charge < -0.3 is 9.64 Å². The summed E-state index contributed by atoms with van der Waals surface area (Å²) in [6, 6.07) is 9.62. The van der Waals surface area contributed by atoms with E-state index in [2.05, 4.69) is 23.2 Å². The molecule has 152 valence electrons. The average molecular weight is 413 g/mol. The van der Waals surface area contributed by atoms with E-state index in [4.69, 9.17) is 4.74 Å². The van der Waals surface area contributed by atoms with Gasteiger partial charge in [0.2, 0.25) is 5.91 Å². The van der Waals surface area contributed by atoms with Gasteiger partial charge in [0.15, 0.2) is 10.8 Å². The Bertz CT molecular complexity index is 1060. The molecule has 1 amide bonds. The molecule has 0 aliphatic carbocycles. The minimum Gasteiger partial charge on any atom is -0.464 e. The maximum Gasteiger partial charge on any atom is 0.328 e. The van der Waals surface area contributed by atoms with Crippen LogP contribution in [-0.4, -0.2) is 56.3 Å². The number of aryl methyl sites for hydroxylation is 1. The van der Waals surface area contributed by atoms with E-state index in [1.165, 1.54) is 11.8 Å². The van der Waals surface area contributed by atoms with Gasteiger partial charge in [0.1, 0.15) is 6.04 Å². The smallest absolute Gasteiger partial charge is 0.328 e. The summed E-state index contributed by atoms with van der Waals surface area (Å²) < 4.78 is 7.15. The molecule has 1 fully saturated rings. The molecule has 2 aromatic heterocycles. The lowest BCUT2D eigenvalue weighted by Gasteiger charge is -2.33. The number of piperidine rings is 1. The summed E-state index contributed by atoms with van der Waals surface area (Å²) in [6.07, 6.45) is 2.50. The Balaban J connectivity index is 1.56. The second-order valence-corrected chi connectivity index (χ2v) is 8.10. The first-order valence-electron chi connectivity index (χ1n) is 9.92. The van der Waals surface area contributed by atoms with Crippen LogP contribution >= 0.6 is 11.8 Å². The van der Waals surface area contributed by atoms with Crippen molar-refractivity contribution in [2.45, 2.75) is 44.3 Å². The van der Waals surface area contributed by atoms with E-state index < -0.39 is 6.04 Å². The number of pyridine rings is 1. The molecule has 3 aromatic rings. The highest BCUT2D eigenvalue weighted by Crippen LogP contribution is 2.27. The molecule has 7 nitrogen and oxygen atoms in total. The van der Waals surface area contributed by atoms with Crippen molar-refractivity contribution in [3.63, 3.8) is 0 Å². The van der Waals surface area contributed by atoms with Gasteiger partial charge in [0.05, 0.1) is 17.9 Å². The van der Waals surface area contributed by atoms with Gasteiger partial charge in [-0.2, -0.15) is 0 Å². The first kappa shape index (κ1) is 19.7. The lowest BCUT2D eigenvalue weighted by atomic mass is 10.0. The summed E-state index contributed by atoms with van der Waals surface area (Å²) >= 11 is 1.35. The molecule has 0 unspecified atom stereocenters.